The second-order valence-corrected chi connectivity index (χ2v) is 8.22. The summed E-state index contributed by atoms with van der Waals surface area (Å²) in [4.78, 5) is 24.6. The molecule has 1 fully saturated rings. The number of carbonyl (C=O) groups is 2. The smallest absolute Gasteiger partial charge is 0.358 e. The number of esters is 1. The average Bonchev–Trinajstić information content (AvgIpc) is 3.49. The number of hydrogen-bond donors (Lipinski definition) is 1. The van der Waals surface area contributed by atoms with E-state index in [0.29, 0.717) is 45.0 Å². The number of benzene rings is 2. The van der Waals surface area contributed by atoms with Crippen molar-refractivity contribution >= 4 is 35.1 Å². The van der Waals surface area contributed by atoms with Crippen LogP contribution in [0.3, 0.4) is 0 Å². The highest BCUT2D eigenvalue weighted by atomic mass is 35.5. The molecule has 0 unspecified atom stereocenters. The van der Waals surface area contributed by atoms with Gasteiger partial charge in [-0.05, 0) is 74.2 Å². The third-order valence-electron chi connectivity index (χ3n) is 5.02. The van der Waals surface area contributed by atoms with Gasteiger partial charge in [-0.15, -0.1) is 0 Å². The van der Waals surface area contributed by atoms with Crippen LogP contribution in [0.15, 0.2) is 48.5 Å². The minimum absolute atomic E-state index is 0.105. The Hall–Kier alpha value is -2.83. The van der Waals surface area contributed by atoms with Gasteiger partial charge in [0.25, 0.3) is 5.91 Å². The van der Waals surface area contributed by atoms with E-state index in [1.54, 1.807) is 60.1 Å². The molecule has 1 heterocycles. The molecule has 1 aromatic heterocycles. The number of nitrogens with zero attached hydrogens (tertiary/aromatic N) is 2. The van der Waals surface area contributed by atoms with Crippen molar-refractivity contribution in [3.8, 4) is 16.9 Å². The molecule has 31 heavy (non-hydrogen) atoms. The minimum Gasteiger partial charge on any atom is -0.461 e. The summed E-state index contributed by atoms with van der Waals surface area (Å²) in [6.45, 7) is 2.69. The molecule has 1 aliphatic carbocycles. The van der Waals surface area contributed by atoms with Crippen LogP contribution in [-0.4, -0.2) is 34.8 Å². The molecule has 8 heteroatoms. The minimum atomic E-state index is -0.524. The monoisotopic (exact) mass is 457 g/mol. The van der Waals surface area contributed by atoms with Crippen LogP contribution >= 0.6 is 23.2 Å². The first-order valence-electron chi connectivity index (χ1n) is 10.1. The maximum atomic E-state index is 12.3. The van der Waals surface area contributed by atoms with Crippen molar-refractivity contribution in [2.75, 3.05) is 13.2 Å². The number of hydrogen-bond acceptors (Lipinski definition) is 4. The van der Waals surface area contributed by atoms with E-state index in [0.717, 1.165) is 0 Å². The molecule has 0 aliphatic heterocycles. The van der Waals surface area contributed by atoms with Crippen LogP contribution in [0.4, 0.5) is 0 Å². The Morgan fingerprint density at radius 2 is 1.87 bits per heavy atom. The molecule has 6 nitrogen and oxygen atoms in total. The van der Waals surface area contributed by atoms with Gasteiger partial charge in [0.1, 0.15) is 0 Å². The fraction of sp³-hybridized carbons (Fsp3) is 0.261. The molecule has 1 amide bonds. The molecule has 2 aromatic carbocycles. The van der Waals surface area contributed by atoms with Crippen LogP contribution in [-0.2, 0) is 4.74 Å². The zero-order valence-electron chi connectivity index (χ0n) is 16.9. The molecule has 3 aromatic rings. The molecule has 1 aliphatic rings. The van der Waals surface area contributed by atoms with Crippen LogP contribution in [0.5, 0.6) is 0 Å². The van der Waals surface area contributed by atoms with E-state index in [9.17, 15) is 9.59 Å². The fourth-order valence-electron chi connectivity index (χ4n) is 3.19. The van der Waals surface area contributed by atoms with E-state index in [1.165, 1.54) is 12.8 Å². The normalized spacial score (nSPS) is 13.1. The number of amides is 1. The van der Waals surface area contributed by atoms with E-state index in [-0.39, 0.29) is 18.2 Å². The molecule has 0 radical (unpaired) electrons. The quantitative estimate of drug-likeness (QED) is 0.497. The lowest BCUT2D eigenvalue weighted by Gasteiger charge is -2.10. The molecule has 0 atom stereocenters. The van der Waals surface area contributed by atoms with Gasteiger partial charge in [0.05, 0.1) is 23.0 Å². The second-order valence-electron chi connectivity index (χ2n) is 7.37. The van der Waals surface area contributed by atoms with E-state index in [1.807, 2.05) is 0 Å². The van der Waals surface area contributed by atoms with Crippen molar-refractivity contribution in [2.24, 2.45) is 5.92 Å². The molecule has 0 spiro atoms. The lowest BCUT2D eigenvalue weighted by atomic mass is 10.1. The van der Waals surface area contributed by atoms with Gasteiger partial charge >= 0.3 is 5.97 Å². The Morgan fingerprint density at radius 3 is 2.52 bits per heavy atom. The molecular weight excluding hydrogens is 437 g/mol. The van der Waals surface area contributed by atoms with Crippen molar-refractivity contribution in [1.29, 1.82) is 0 Å². The SMILES string of the molecule is CCOC(=O)c1cc(-c2ccc(Cl)cc2Cl)n(-c2ccc(C(=O)NCC3CC3)cc2)n1. The highest BCUT2D eigenvalue weighted by molar-refractivity contribution is 6.36. The highest BCUT2D eigenvalue weighted by Crippen LogP contribution is 2.32. The van der Waals surface area contributed by atoms with Gasteiger partial charge in [0.2, 0.25) is 0 Å². The van der Waals surface area contributed by atoms with Gasteiger partial charge in [0.15, 0.2) is 5.69 Å². The number of nitrogens with one attached hydrogen (secondary N) is 1. The molecule has 0 bridgehead atoms. The number of carbonyl (C=O) groups excluding carboxylic acids is 2. The van der Waals surface area contributed by atoms with Gasteiger partial charge in [-0.3, -0.25) is 4.79 Å². The standard InChI is InChI=1S/C23H21Cl2N3O3/c1-2-31-23(30)20-12-21(18-10-7-16(24)11-19(18)25)28(27-20)17-8-5-15(6-9-17)22(29)26-13-14-3-4-14/h5-12,14H,2-4,13H2,1H3,(H,26,29). The summed E-state index contributed by atoms with van der Waals surface area (Å²) in [6, 6.07) is 13.8. The third-order valence-corrected chi connectivity index (χ3v) is 5.57. The summed E-state index contributed by atoms with van der Waals surface area (Å²) in [6.07, 6.45) is 2.36. The van der Waals surface area contributed by atoms with Crippen LogP contribution in [0.2, 0.25) is 10.0 Å². The Balaban J connectivity index is 1.68. The summed E-state index contributed by atoms with van der Waals surface area (Å²) < 4.78 is 6.70. The average molecular weight is 458 g/mol. The van der Waals surface area contributed by atoms with Gasteiger partial charge in [-0.1, -0.05) is 23.2 Å². The van der Waals surface area contributed by atoms with Crippen molar-refractivity contribution < 1.29 is 14.3 Å². The number of halogens is 2. The van der Waals surface area contributed by atoms with Crippen molar-refractivity contribution in [3.63, 3.8) is 0 Å². The van der Waals surface area contributed by atoms with Crippen LogP contribution in [0.25, 0.3) is 16.9 Å². The molecule has 160 valence electrons. The van der Waals surface area contributed by atoms with Crippen LogP contribution in [0, 0.1) is 5.92 Å². The van der Waals surface area contributed by atoms with Crippen LogP contribution < -0.4 is 5.32 Å². The Bertz CT molecular complexity index is 1120. The molecule has 1 saturated carbocycles. The van der Waals surface area contributed by atoms with E-state index in [2.05, 4.69) is 10.4 Å². The number of aromatic nitrogens is 2. The maximum Gasteiger partial charge on any atom is 0.358 e. The van der Waals surface area contributed by atoms with E-state index >= 15 is 0 Å². The van der Waals surface area contributed by atoms with Gasteiger partial charge < -0.3 is 10.1 Å². The molecule has 4 rings (SSSR count). The number of rotatable bonds is 7. The summed E-state index contributed by atoms with van der Waals surface area (Å²) in [5.41, 5.74) is 2.67. The third kappa shape index (κ3) is 4.92. The van der Waals surface area contributed by atoms with Crippen molar-refractivity contribution in [1.82, 2.24) is 15.1 Å². The van der Waals surface area contributed by atoms with Gasteiger partial charge in [-0.25, -0.2) is 9.48 Å². The fourth-order valence-corrected chi connectivity index (χ4v) is 3.69. The Morgan fingerprint density at radius 1 is 1.13 bits per heavy atom. The Labute approximate surface area is 190 Å². The van der Waals surface area contributed by atoms with E-state index < -0.39 is 5.97 Å². The molecular formula is C23H21Cl2N3O3. The first kappa shape index (κ1) is 21.4. The topological polar surface area (TPSA) is 73.2 Å². The molecule has 1 N–H and O–H groups in total. The van der Waals surface area contributed by atoms with Crippen molar-refractivity contribution in [3.05, 3.63) is 69.8 Å². The predicted octanol–water partition coefficient (Wildman–Crippen LogP) is 5.16. The van der Waals surface area contributed by atoms with Crippen LogP contribution in [0.1, 0.15) is 40.6 Å². The van der Waals surface area contributed by atoms with Gasteiger partial charge in [0, 0.05) is 22.7 Å². The predicted molar refractivity (Wildman–Crippen MR) is 120 cm³/mol. The zero-order valence-corrected chi connectivity index (χ0v) is 18.4. The summed E-state index contributed by atoms with van der Waals surface area (Å²) >= 11 is 12.4. The second kappa shape index (κ2) is 9.12. The Kier molecular flexibility index (Phi) is 6.30. The lowest BCUT2D eigenvalue weighted by molar-refractivity contribution is 0.0519. The first-order chi connectivity index (χ1) is 15.0. The zero-order chi connectivity index (χ0) is 22.0. The molecule has 0 saturated heterocycles. The lowest BCUT2D eigenvalue weighted by Crippen LogP contribution is -2.25. The summed E-state index contributed by atoms with van der Waals surface area (Å²) in [5.74, 6) is -0.0176. The summed E-state index contributed by atoms with van der Waals surface area (Å²) in [7, 11) is 0. The maximum absolute atomic E-state index is 12.3. The van der Waals surface area contributed by atoms with E-state index in [4.69, 9.17) is 27.9 Å². The van der Waals surface area contributed by atoms with Crippen molar-refractivity contribution in [2.45, 2.75) is 19.8 Å². The number of ether oxygens (including phenoxy) is 1. The highest BCUT2D eigenvalue weighted by Gasteiger charge is 2.22. The first-order valence-corrected chi connectivity index (χ1v) is 10.8. The van der Waals surface area contributed by atoms with Gasteiger partial charge in [-0.2, -0.15) is 5.10 Å². The largest absolute Gasteiger partial charge is 0.461 e. The summed E-state index contributed by atoms with van der Waals surface area (Å²) in [5, 5.41) is 8.32.